The van der Waals surface area contributed by atoms with Crippen molar-refractivity contribution in [1.29, 1.82) is 0 Å². The summed E-state index contributed by atoms with van der Waals surface area (Å²) in [4.78, 5) is 4.74. The molecule has 1 aromatic carbocycles. The summed E-state index contributed by atoms with van der Waals surface area (Å²) < 4.78 is 0. The zero-order chi connectivity index (χ0) is 12.3. The second-order valence-corrected chi connectivity index (χ2v) is 5.10. The molecular formula is C14H23N3. The van der Waals surface area contributed by atoms with Crippen LogP contribution in [0.3, 0.4) is 0 Å². The molecule has 0 amide bonds. The van der Waals surface area contributed by atoms with Gasteiger partial charge in [-0.2, -0.15) is 0 Å². The molecule has 1 heterocycles. The highest BCUT2D eigenvalue weighted by molar-refractivity contribution is 5.55. The van der Waals surface area contributed by atoms with E-state index >= 15 is 0 Å². The third kappa shape index (κ3) is 3.20. The van der Waals surface area contributed by atoms with E-state index in [1.807, 2.05) is 0 Å². The molecular weight excluding hydrogens is 210 g/mol. The number of nitrogens with zero attached hydrogens (tertiary/aromatic N) is 2. The minimum absolute atomic E-state index is 0.996. The van der Waals surface area contributed by atoms with Crippen molar-refractivity contribution < 1.29 is 0 Å². The van der Waals surface area contributed by atoms with Crippen LogP contribution in [0.15, 0.2) is 18.2 Å². The second-order valence-electron chi connectivity index (χ2n) is 5.10. The summed E-state index contributed by atoms with van der Waals surface area (Å²) in [5.74, 6) is 0. The van der Waals surface area contributed by atoms with Crippen LogP contribution in [0.2, 0.25) is 0 Å². The lowest BCUT2D eigenvalue weighted by molar-refractivity contribution is 0.413. The Morgan fingerprint density at radius 3 is 2.94 bits per heavy atom. The predicted octanol–water partition coefficient (Wildman–Crippen LogP) is 1.47. The fourth-order valence-corrected chi connectivity index (χ4v) is 2.27. The molecule has 0 aromatic heterocycles. The van der Waals surface area contributed by atoms with Gasteiger partial charge in [-0.05, 0) is 32.6 Å². The quantitative estimate of drug-likeness (QED) is 0.853. The van der Waals surface area contributed by atoms with Crippen LogP contribution in [0.25, 0.3) is 0 Å². The van der Waals surface area contributed by atoms with Gasteiger partial charge in [0.05, 0.1) is 0 Å². The molecule has 0 spiro atoms. The van der Waals surface area contributed by atoms with Crippen LogP contribution in [0, 0.1) is 6.92 Å². The van der Waals surface area contributed by atoms with E-state index in [2.05, 4.69) is 54.3 Å². The van der Waals surface area contributed by atoms with E-state index in [1.165, 1.54) is 16.8 Å². The number of fused-ring (bicyclic) bond motifs is 1. The van der Waals surface area contributed by atoms with Crippen LogP contribution in [0.4, 0.5) is 5.69 Å². The molecule has 0 atom stereocenters. The van der Waals surface area contributed by atoms with Crippen molar-refractivity contribution in [1.82, 2.24) is 10.2 Å². The van der Waals surface area contributed by atoms with Crippen molar-refractivity contribution in [3.63, 3.8) is 0 Å². The normalized spacial score (nSPS) is 15.9. The highest BCUT2D eigenvalue weighted by atomic mass is 15.2. The number of hydrogen-bond donors (Lipinski definition) is 1. The Hall–Kier alpha value is -1.06. The minimum atomic E-state index is 0.996. The Labute approximate surface area is 104 Å². The van der Waals surface area contributed by atoms with Crippen molar-refractivity contribution >= 4 is 5.69 Å². The average molecular weight is 233 g/mol. The van der Waals surface area contributed by atoms with Gasteiger partial charge in [-0.25, -0.2) is 0 Å². The van der Waals surface area contributed by atoms with Crippen LogP contribution < -0.4 is 10.2 Å². The summed E-state index contributed by atoms with van der Waals surface area (Å²) >= 11 is 0. The number of rotatable bonds is 3. The molecule has 0 radical (unpaired) electrons. The van der Waals surface area contributed by atoms with Crippen LogP contribution >= 0.6 is 0 Å². The number of aryl methyl sites for hydroxylation is 1. The second kappa shape index (κ2) is 5.52. The van der Waals surface area contributed by atoms with Crippen LogP contribution in [-0.4, -0.2) is 45.2 Å². The molecule has 0 saturated carbocycles. The molecule has 1 aliphatic rings. The fourth-order valence-electron chi connectivity index (χ4n) is 2.27. The molecule has 3 nitrogen and oxygen atoms in total. The van der Waals surface area contributed by atoms with E-state index < -0.39 is 0 Å². The maximum absolute atomic E-state index is 3.49. The predicted molar refractivity (Wildman–Crippen MR) is 73.7 cm³/mol. The molecule has 3 heteroatoms. The first-order chi connectivity index (χ1) is 8.16. The van der Waals surface area contributed by atoms with Crippen molar-refractivity contribution in [2.45, 2.75) is 13.5 Å². The SMILES string of the molecule is Cc1ccc2c(c1)CNCCN2CCN(C)C. The topological polar surface area (TPSA) is 18.5 Å². The number of likely N-dealkylation sites (N-methyl/N-ethyl adjacent to an activating group) is 1. The molecule has 0 saturated heterocycles. The van der Waals surface area contributed by atoms with E-state index in [0.717, 1.165) is 32.7 Å². The van der Waals surface area contributed by atoms with Gasteiger partial charge in [0.1, 0.15) is 0 Å². The molecule has 17 heavy (non-hydrogen) atoms. The Morgan fingerprint density at radius 1 is 1.35 bits per heavy atom. The van der Waals surface area contributed by atoms with Gasteiger partial charge < -0.3 is 15.1 Å². The third-order valence-electron chi connectivity index (χ3n) is 3.27. The van der Waals surface area contributed by atoms with Crippen LogP contribution in [-0.2, 0) is 6.54 Å². The van der Waals surface area contributed by atoms with Gasteiger partial charge in [0.15, 0.2) is 0 Å². The van der Waals surface area contributed by atoms with Crippen LogP contribution in [0.5, 0.6) is 0 Å². The van der Waals surface area contributed by atoms with Crippen molar-refractivity contribution in [2.75, 3.05) is 45.2 Å². The number of benzene rings is 1. The van der Waals surface area contributed by atoms with Crippen LogP contribution in [0.1, 0.15) is 11.1 Å². The minimum Gasteiger partial charge on any atom is -0.369 e. The standard InChI is InChI=1S/C14H23N3/c1-12-4-5-14-13(10-12)11-15-6-7-17(14)9-8-16(2)3/h4-5,10,15H,6-9,11H2,1-3H3. The third-order valence-corrected chi connectivity index (χ3v) is 3.27. The lowest BCUT2D eigenvalue weighted by Crippen LogP contribution is -2.34. The molecule has 1 aromatic rings. The van der Waals surface area contributed by atoms with E-state index in [9.17, 15) is 0 Å². The zero-order valence-corrected chi connectivity index (χ0v) is 11.2. The first kappa shape index (κ1) is 12.4. The number of anilines is 1. The molecule has 0 aliphatic carbocycles. The lowest BCUT2D eigenvalue weighted by Gasteiger charge is -2.26. The largest absolute Gasteiger partial charge is 0.369 e. The van der Waals surface area contributed by atoms with Gasteiger partial charge in [-0.15, -0.1) is 0 Å². The van der Waals surface area contributed by atoms with Gasteiger partial charge in [-0.1, -0.05) is 17.7 Å². The Bertz CT molecular complexity index is 374. The van der Waals surface area contributed by atoms with Crippen molar-refractivity contribution in [3.8, 4) is 0 Å². The van der Waals surface area contributed by atoms with E-state index in [-0.39, 0.29) is 0 Å². The Balaban J connectivity index is 2.18. The average Bonchev–Trinajstić information content (AvgIpc) is 2.48. The van der Waals surface area contributed by atoms with Gasteiger partial charge in [-0.3, -0.25) is 0 Å². The lowest BCUT2D eigenvalue weighted by atomic mass is 10.1. The molecule has 0 unspecified atom stereocenters. The zero-order valence-electron chi connectivity index (χ0n) is 11.2. The Kier molecular flexibility index (Phi) is 4.02. The van der Waals surface area contributed by atoms with Gasteiger partial charge in [0.2, 0.25) is 0 Å². The maximum Gasteiger partial charge on any atom is 0.0412 e. The molecule has 1 aliphatic heterocycles. The van der Waals surface area contributed by atoms with E-state index in [0.29, 0.717) is 0 Å². The summed E-state index contributed by atoms with van der Waals surface area (Å²) in [6.07, 6.45) is 0. The molecule has 0 fully saturated rings. The summed E-state index contributed by atoms with van der Waals surface area (Å²) in [7, 11) is 4.26. The summed E-state index contributed by atoms with van der Waals surface area (Å²) in [6, 6.07) is 6.79. The number of nitrogens with one attached hydrogen (secondary N) is 1. The molecule has 1 N–H and O–H groups in total. The smallest absolute Gasteiger partial charge is 0.0412 e. The summed E-state index contributed by atoms with van der Waals surface area (Å²) in [5, 5.41) is 3.49. The fraction of sp³-hybridized carbons (Fsp3) is 0.571. The van der Waals surface area contributed by atoms with Crippen molar-refractivity contribution in [2.24, 2.45) is 0 Å². The maximum atomic E-state index is 3.49. The highest BCUT2D eigenvalue weighted by Gasteiger charge is 2.14. The molecule has 94 valence electrons. The molecule has 0 bridgehead atoms. The first-order valence-electron chi connectivity index (χ1n) is 6.37. The van der Waals surface area contributed by atoms with Gasteiger partial charge in [0, 0.05) is 38.4 Å². The molecule has 2 rings (SSSR count). The monoisotopic (exact) mass is 233 g/mol. The van der Waals surface area contributed by atoms with E-state index in [1.54, 1.807) is 0 Å². The van der Waals surface area contributed by atoms with Gasteiger partial charge >= 0.3 is 0 Å². The first-order valence-corrected chi connectivity index (χ1v) is 6.37. The highest BCUT2D eigenvalue weighted by Crippen LogP contribution is 2.23. The summed E-state index contributed by atoms with van der Waals surface area (Å²) in [5.41, 5.74) is 4.18. The van der Waals surface area contributed by atoms with Gasteiger partial charge in [0.25, 0.3) is 0 Å². The van der Waals surface area contributed by atoms with Crippen molar-refractivity contribution in [3.05, 3.63) is 29.3 Å². The Morgan fingerprint density at radius 2 is 2.18 bits per heavy atom. The summed E-state index contributed by atoms with van der Waals surface area (Å²) in [6.45, 7) is 7.54. The van der Waals surface area contributed by atoms with E-state index in [4.69, 9.17) is 0 Å². The number of hydrogen-bond acceptors (Lipinski definition) is 3.